The van der Waals surface area contributed by atoms with Gasteiger partial charge in [-0.3, -0.25) is 4.79 Å². The summed E-state index contributed by atoms with van der Waals surface area (Å²) in [6, 6.07) is 17.8. The lowest BCUT2D eigenvalue weighted by molar-refractivity contribution is 0.0773. The maximum absolute atomic E-state index is 12.5. The van der Waals surface area contributed by atoms with Crippen LogP contribution < -0.4 is 5.32 Å². The summed E-state index contributed by atoms with van der Waals surface area (Å²) in [5.41, 5.74) is 2.97. The Morgan fingerprint density at radius 2 is 1.71 bits per heavy atom. The minimum Gasteiger partial charge on any atom is -0.339 e. The van der Waals surface area contributed by atoms with E-state index in [4.69, 9.17) is 0 Å². The molecule has 0 aliphatic carbocycles. The van der Waals surface area contributed by atoms with E-state index in [-0.39, 0.29) is 11.9 Å². The van der Waals surface area contributed by atoms with E-state index in [1.165, 1.54) is 5.56 Å². The zero-order chi connectivity index (χ0) is 19.9. The van der Waals surface area contributed by atoms with E-state index >= 15 is 0 Å². The van der Waals surface area contributed by atoms with Crippen LogP contribution in [-0.4, -0.2) is 47.9 Å². The smallest absolute Gasteiger partial charge is 0.317 e. The molecule has 1 aliphatic rings. The highest BCUT2D eigenvalue weighted by Gasteiger charge is 2.26. The van der Waals surface area contributed by atoms with Gasteiger partial charge in [0, 0.05) is 44.2 Å². The molecule has 1 atom stereocenters. The van der Waals surface area contributed by atoms with Crippen molar-refractivity contribution in [2.24, 2.45) is 0 Å². The summed E-state index contributed by atoms with van der Waals surface area (Å²) in [4.78, 5) is 28.5. The first kappa shape index (κ1) is 19.9. The van der Waals surface area contributed by atoms with Crippen molar-refractivity contribution in [3.05, 3.63) is 71.3 Å². The number of nitrogens with zero attached hydrogens (tertiary/aromatic N) is 2. The number of nitrogens with one attached hydrogen (secondary N) is 1. The van der Waals surface area contributed by atoms with E-state index in [0.717, 1.165) is 25.1 Å². The first-order chi connectivity index (χ1) is 13.6. The molecule has 28 heavy (non-hydrogen) atoms. The van der Waals surface area contributed by atoms with E-state index < -0.39 is 0 Å². The highest BCUT2D eigenvalue weighted by atomic mass is 16.2. The average molecular weight is 380 g/mol. The van der Waals surface area contributed by atoms with Gasteiger partial charge in [-0.05, 0) is 43.5 Å². The van der Waals surface area contributed by atoms with Crippen LogP contribution in [0.4, 0.5) is 4.79 Å². The fraction of sp³-hybridized carbons (Fsp3) is 0.391. The van der Waals surface area contributed by atoms with Crippen LogP contribution in [0.25, 0.3) is 0 Å². The Morgan fingerprint density at radius 1 is 1.04 bits per heavy atom. The van der Waals surface area contributed by atoms with Crippen LogP contribution in [0.2, 0.25) is 0 Å². The molecule has 0 radical (unpaired) electrons. The molecular formula is C23H29N3O2. The third kappa shape index (κ3) is 4.71. The number of likely N-dealkylation sites (tertiary alicyclic amines) is 1. The van der Waals surface area contributed by atoms with E-state index in [1.807, 2.05) is 61.2 Å². The van der Waals surface area contributed by atoms with Crippen molar-refractivity contribution in [3.63, 3.8) is 0 Å². The average Bonchev–Trinajstić information content (AvgIpc) is 3.24. The SMILES string of the molecule is CCN(CC)C(=O)c1ccc(CNC(=O)N2CC[C@H](c3ccccc3)C2)cc1. The Kier molecular flexibility index (Phi) is 6.69. The number of urea groups is 1. The molecule has 0 spiro atoms. The molecule has 2 aromatic rings. The van der Waals surface area contributed by atoms with Gasteiger partial charge in [-0.2, -0.15) is 0 Å². The lowest BCUT2D eigenvalue weighted by atomic mass is 9.99. The number of benzene rings is 2. The third-order valence-corrected chi connectivity index (χ3v) is 5.44. The molecule has 0 unspecified atom stereocenters. The number of carbonyl (C=O) groups excluding carboxylic acids is 2. The minimum absolute atomic E-state index is 0.0262. The summed E-state index contributed by atoms with van der Waals surface area (Å²) in [5.74, 6) is 0.460. The van der Waals surface area contributed by atoms with Crippen LogP contribution in [0.1, 0.15) is 47.7 Å². The normalized spacial score (nSPS) is 16.1. The summed E-state index contributed by atoms with van der Waals surface area (Å²) in [5, 5.41) is 3.00. The fourth-order valence-corrected chi connectivity index (χ4v) is 3.69. The maximum atomic E-state index is 12.5. The van der Waals surface area contributed by atoms with Gasteiger partial charge in [-0.25, -0.2) is 4.79 Å². The highest BCUT2D eigenvalue weighted by Crippen LogP contribution is 2.26. The van der Waals surface area contributed by atoms with E-state index in [2.05, 4.69) is 17.4 Å². The second-order valence-corrected chi connectivity index (χ2v) is 7.18. The van der Waals surface area contributed by atoms with Gasteiger partial charge >= 0.3 is 6.03 Å². The van der Waals surface area contributed by atoms with Gasteiger partial charge in [0.2, 0.25) is 0 Å². The largest absolute Gasteiger partial charge is 0.339 e. The lowest BCUT2D eigenvalue weighted by Crippen LogP contribution is -2.38. The molecule has 148 valence electrons. The molecule has 0 saturated carbocycles. The van der Waals surface area contributed by atoms with Gasteiger partial charge < -0.3 is 15.1 Å². The lowest BCUT2D eigenvalue weighted by Gasteiger charge is -2.19. The number of rotatable bonds is 6. The predicted molar refractivity (Wildman–Crippen MR) is 111 cm³/mol. The van der Waals surface area contributed by atoms with Crippen molar-refractivity contribution in [3.8, 4) is 0 Å². The monoisotopic (exact) mass is 379 g/mol. The van der Waals surface area contributed by atoms with Crippen LogP contribution in [0.3, 0.4) is 0 Å². The third-order valence-electron chi connectivity index (χ3n) is 5.44. The summed E-state index contributed by atoms with van der Waals surface area (Å²) < 4.78 is 0. The zero-order valence-corrected chi connectivity index (χ0v) is 16.7. The Morgan fingerprint density at radius 3 is 2.36 bits per heavy atom. The summed E-state index contributed by atoms with van der Waals surface area (Å²) >= 11 is 0. The van der Waals surface area contributed by atoms with Crippen molar-refractivity contribution in [2.75, 3.05) is 26.2 Å². The topological polar surface area (TPSA) is 52.7 Å². The van der Waals surface area contributed by atoms with Crippen LogP contribution in [0.5, 0.6) is 0 Å². The highest BCUT2D eigenvalue weighted by molar-refractivity contribution is 5.94. The standard InChI is InChI=1S/C23H29N3O2/c1-3-25(4-2)22(27)20-12-10-18(11-13-20)16-24-23(28)26-15-14-21(17-26)19-8-6-5-7-9-19/h5-13,21H,3-4,14-17H2,1-2H3,(H,24,28)/t21-/m0/s1. The Hall–Kier alpha value is -2.82. The molecule has 3 rings (SSSR count). The quantitative estimate of drug-likeness (QED) is 0.828. The summed E-state index contributed by atoms with van der Waals surface area (Å²) in [6.45, 7) is 7.36. The van der Waals surface area contributed by atoms with Crippen LogP contribution in [0, 0.1) is 0 Å². The molecule has 3 amide bonds. The zero-order valence-electron chi connectivity index (χ0n) is 16.7. The Labute approximate surface area is 167 Å². The second kappa shape index (κ2) is 9.40. The molecule has 1 aliphatic heterocycles. The van der Waals surface area contributed by atoms with E-state index in [0.29, 0.717) is 31.1 Å². The second-order valence-electron chi connectivity index (χ2n) is 7.18. The number of carbonyl (C=O) groups is 2. The van der Waals surface area contributed by atoms with Crippen molar-refractivity contribution in [1.82, 2.24) is 15.1 Å². The van der Waals surface area contributed by atoms with Crippen LogP contribution in [-0.2, 0) is 6.54 Å². The molecule has 1 saturated heterocycles. The molecule has 1 fully saturated rings. The molecule has 1 heterocycles. The van der Waals surface area contributed by atoms with Gasteiger partial charge in [0.05, 0.1) is 0 Å². The van der Waals surface area contributed by atoms with E-state index in [1.54, 1.807) is 4.90 Å². The molecule has 5 heteroatoms. The van der Waals surface area contributed by atoms with Gasteiger partial charge in [0.25, 0.3) is 5.91 Å². The molecular weight excluding hydrogens is 350 g/mol. The van der Waals surface area contributed by atoms with Crippen molar-refractivity contribution in [1.29, 1.82) is 0 Å². The molecule has 5 nitrogen and oxygen atoms in total. The van der Waals surface area contributed by atoms with Gasteiger partial charge in [0.1, 0.15) is 0 Å². The molecule has 0 aromatic heterocycles. The first-order valence-corrected chi connectivity index (χ1v) is 10.1. The summed E-state index contributed by atoms with van der Waals surface area (Å²) in [6.07, 6.45) is 1.000. The number of hydrogen-bond acceptors (Lipinski definition) is 2. The van der Waals surface area contributed by atoms with Crippen molar-refractivity contribution >= 4 is 11.9 Å². The minimum atomic E-state index is -0.0262. The van der Waals surface area contributed by atoms with Gasteiger partial charge in [-0.1, -0.05) is 42.5 Å². The summed E-state index contributed by atoms with van der Waals surface area (Å²) in [7, 11) is 0. The molecule has 0 bridgehead atoms. The predicted octanol–water partition coefficient (Wildman–Crippen LogP) is 3.87. The Balaban J connectivity index is 1.50. The van der Waals surface area contributed by atoms with Crippen molar-refractivity contribution in [2.45, 2.75) is 32.7 Å². The molecule has 2 aromatic carbocycles. The van der Waals surface area contributed by atoms with Gasteiger partial charge in [-0.15, -0.1) is 0 Å². The number of amides is 3. The van der Waals surface area contributed by atoms with E-state index in [9.17, 15) is 9.59 Å². The number of hydrogen-bond donors (Lipinski definition) is 1. The molecule has 1 N–H and O–H groups in total. The van der Waals surface area contributed by atoms with Crippen molar-refractivity contribution < 1.29 is 9.59 Å². The van der Waals surface area contributed by atoms with Gasteiger partial charge in [0.15, 0.2) is 0 Å². The maximum Gasteiger partial charge on any atom is 0.317 e. The van der Waals surface area contributed by atoms with Crippen LogP contribution in [0.15, 0.2) is 54.6 Å². The Bertz CT molecular complexity index is 785. The fourth-order valence-electron chi connectivity index (χ4n) is 3.69. The van der Waals surface area contributed by atoms with Crippen LogP contribution >= 0.6 is 0 Å². The first-order valence-electron chi connectivity index (χ1n) is 10.1.